The minimum absolute atomic E-state index is 0.0836. The number of ether oxygens (including phenoxy) is 3. The topological polar surface area (TPSA) is 68.2 Å². The zero-order valence-electron chi connectivity index (χ0n) is 12.7. The molecule has 3 aliphatic heterocycles. The molecule has 0 aromatic heterocycles. The summed E-state index contributed by atoms with van der Waals surface area (Å²) < 4.78 is 16.4. The molecule has 6 heteroatoms. The summed E-state index contributed by atoms with van der Waals surface area (Å²) in [6, 6.07) is 3.74. The van der Waals surface area contributed by atoms with Crippen LogP contribution in [0.25, 0.3) is 0 Å². The first-order valence-corrected chi connectivity index (χ1v) is 7.87. The monoisotopic (exact) mass is 315 g/mol. The quantitative estimate of drug-likeness (QED) is 0.570. The molecule has 4 atom stereocenters. The van der Waals surface area contributed by atoms with E-state index in [1.54, 1.807) is 6.07 Å². The number of hydrogen-bond acceptors (Lipinski definition) is 6. The third kappa shape index (κ3) is 1.73. The molecule has 6 nitrogen and oxygen atoms in total. The van der Waals surface area contributed by atoms with Gasteiger partial charge in [-0.3, -0.25) is 4.90 Å². The lowest BCUT2D eigenvalue weighted by atomic mass is 9.74. The lowest BCUT2D eigenvalue weighted by Gasteiger charge is -2.43. The van der Waals surface area contributed by atoms with E-state index in [1.165, 1.54) is 5.57 Å². The van der Waals surface area contributed by atoms with Crippen LogP contribution >= 0.6 is 0 Å². The Morgan fingerprint density at radius 1 is 1.26 bits per heavy atom. The van der Waals surface area contributed by atoms with E-state index in [4.69, 9.17) is 14.2 Å². The van der Waals surface area contributed by atoms with Gasteiger partial charge >= 0.3 is 5.97 Å². The number of rotatable bonds is 0. The zero-order valence-corrected chi connectivity index (χ0v) is 12.7. The fraction of sp³-hybridized carbons (Fsp3) is 0.471. The number of esters is 1. The third-order valence-corrected chi connectivity index (χ3v) is 5.39. The number of benzene rings is 1. The predicted molar refractivity (Wildman–Crippen MR) is 79.6 cm³/mol. The first kappa shape index (κ1) is 13.4. The fourth-order valence-corrected chi connectivity index (χ4v) is 4.36. The Morgan fingerprint density at radius 2 is 2.04 bits per heavy atom. The molecule has 1 aliphatic carbocycles. The molecule has 1 saturated heterocycles. The van der Waals surface area contributed by atoms with Crippen LogP contribution in [0.15, 0.2) is 23.8 Å². The summed E-state index contributed by atoms with van der Waals surface area (Å²) in [4.78, 5) is 14.7. The van der Waals surface area contributed by atoms with Crippen molar-refractivity contribution in [2.45, 2.75) is 30.6 Å². The van der Waals surface area contributed by atoms with Crippen molar-refractivity contribution in [1.82, 2.24) is 4.90 Å². The molecule has 1 unspecified atom stereocenters. The van der Waals surface area contributed by atoms with Crippen LogP contribution in [0.3, 0.4) is 0 Å². The molecule has 1 aromatic rings. The maximum atomic E-state index is 12.4. The molecule has 0 amide bonds. The van der Waals surface area contributed by atoms with Crippen LogP contribution in [0.2, 0.25) is 0 Å². The van der Waals surface area contributed by atoms with Gasteiger partial charge in [-0.15, -0.1) is 0 Å². The van der Waals surface area contributed by atoms with Crippen LogP contribution in [-0.2, 0) is 4.74 Å². The summed E-state index contributed by atoms with van der Waals surface area (Å²) in [7, 11) is 2.07. The summed E-state index contributed by atoms with van der Waals surface area (Å²) in [5.41, 5.74) is 2.63. The lowest BCUT2D eigenvalue weighted by Crippen LogP contribution is -2.50. The summed E-state index contributed by atoms with van der Waals surface area (Å²) in [6.45, 7) is 1.11. The molecule has 1 aromatic carbocycles. The average molecular weight is 315 g/mol. The molecule has 1 fully saturated rings. The molecule has 0 bridgehead atoms. The second-order valence-electron chi connectivity index (χ2n) is 6.60. The Morgan fingerprint density at radius 3 is 2.87 bits per heavy atom. The number of likely N-dealkylation sites (tertiary alicyclic amines) is 1. The van der Waals surface area contributed by atoms with E-state index < -0.39 is 18.2 Å². The number of carbonyl (C=O) groups excluding carboxylic acids is 1. The van der Waals surface area contributed by atoms with Gasteiger partial charge in [0.05, 0.1) is 5.56 Å². The standard InChI is InChI=1S/C17H17NO5/c1-18-3-2-8-4-11(19)16-14(15(8)18)9-5-12-13(22-7-21-12)6-10(9)17(20)23-16/h4-6,11,14-16,19H,2-3,7H2,1H3/t11-,14-,15?,16+/m0/s1. The van der Waals surface area contributed by atoms with Gasteiger partial charge in [0.15, 0.2) is 11.5 Å². The van der Waals surface area contributed by atoms with Crippen LogP contribution in [0.5, 0.6) is 11.5 Å². The van der Waals surface area contributed by atoms with Gasteiger partial charge in [-0.25, -0.2) is 4.79 Å². The Hall–Kier alpha value is -2.05. The smallest absolute Gasteiger partial charge is 0.338 e. The van der Waals surface area contributed by atoms with Crippen molar-refractivity contribution in [3.8, 4) is 11.5 Å². The van der Waals surface area contributed by atoms with Gasteiger partial charge in [-0.2, -0.15) is 0 Å². The summed E-state index contributed by atoms with van der Waals surface area (Å²) in [6.07, 6.45) is 1.49. The molecular weight excluding hydrogens is 298 g/mol. The number of likely N-dealkylation sites (N-methyl/N-ethyl adjacent to an activating group) is 1. The SMILES string of the molecule is CN1CCC2=C[C@H](O)[C@H]3OC(=O)c4cc5c(cc4[C@H]3C21)OCO5. The van der Waals surface area contributed by atoms with E-state index in [9.17, 15) is 9.90 Å². The second-order valence-corrected chi connectivity index (χ2v) is 6.60. The van der Waals surface area contributed by atoms with Crippen molar-refractivity contribution in [2.75, 3.05) is 20.4 Å². The van der Waals surface area contributed by atoms with E-state index in [0.717, 1.165) is 18.5 Å². The van der Waals surface area contributed by atoms with Crippen LogP contribution in [0.4, 0.5) is 0 Å². The van der Waals surface area contributed by atoms with Gasteiger partial charge in [0, 0.05) is 18.5 Å². The highest BCUT2D eigenvalue weighted by atomic mass is 16.7. The second kappa shape index (κ2) is 4.49. The van der Waals surface area contributed by atoms with Crippen LogP contribution in [0, 0.1) is 0 Å². The number of fused-ring (bicyclic) bond motifs is 6. The Bertz CT molecular complexity index is 743. The molecule has 23 heavy (non-hydrogen) atoms. The molecule has 0 saturated carbocycles. The van der Waals surface area contributed by atoms with Gasteiger partial charge in [0.1, 0.15) is 12.2 Å². The van der Waals surface area contributed by atoms with E-state index in [1.807, 2.05) is 12.1 Å². The number of nitrogens with zero attached hydrogens (tertiary/aromatic N) is 1. The maximum Gasteiger partial charge on any atom is 0.338 e. The predicted octanol–water partition coefficient (Wildman–Crippen LogP) is 1.04. The molecule has 120 valence electrons. The molecule has 1 N–H and O–H groups in total. The Balaban J connectivity index is 1.70. The van der Waals surface area contributed by atoms with Gasteiger partial charge in [0.2, 0.25) is 6.79 Å². The molecular formula is C17H17NO5. The number of aliphatic hydroxyl groups excluding tert-OH is 1. The highest BCUT2D eigenvalue weighted by molar-refractivity contribution is 5.94. The largest absolute Gasteiger partial charge is 0.455 e. The number of carbonyl (C=O) groups is 1. The lowest BCUT2D eigenvalue weighted by molar-refractivity contribution is -0.0336. The molecule has 4 aliphatic rings. The first-order valence-electron chi connectivity index (χ1n) is 7.87. The number of aliphatic hydroxyl groups is 1. The Kier molecular flexibility index (Phi) is 2.61. The van der Waals surface area contributed by atoms with Crippen LogP contribution in [0.1, 0.15) is 28.3 Å². The van der Waals surface area contributed by atoms with E-state index in [0.29, 0.717) is 17.1 Å². The normalized spacial score (nSPS) is 34.3. The summed E-state index contributed by atoms with van der Waals surface area (Å²) in [5, 5.41) is 10.4. The van der Waals surface area contributed by atoms with Gasteiger partial charge in [-0.1, -0.05) is 11.6 Å². The molecule has 0 spiro atoms. The van der Waals surface area contributed by atoms with Gasteiger partial charge < -0.3 is 19.3 Å². The first-order chi connectivity index (χ1) is 11.1. The highest BCUT2D eigenvalue weighted by Gasteiger charge is 2.50. The van der Waals surface area contributed by atoms with Crippen molar-refractivity contribution in [3.05, 3.63) is 34.9 Å². The van der Waals surface area contributed by atoms with Crippen LogP contribution < -0.4 is 9.47 Å². The van der Waals surface area contributed by atoms with Crippen molar-refractivity contribution in [1.29, 1.82) is 0 Å². The summed E-state index contributed by atoms with van der Waals surface area (Å²) in [5.74, 6) is 0.741. The van der Waals surface area contributed by atoms with Gasteiger partial charge in [0.25, 0.3) is 0 Å². The summed E-state index contributed by atoms with van der Waals surface area (Å²) >= 11 is 0. The van der Waals surface area contributed by atoms with Crippen LogP contribution in [-0.4, -0.2) is 54.6 Å². The van der Waals surface area contributed by atoms with Gasteiger partial charge in [-0.05, 0) is 31.2 Å². The maximum absolute atomic E-state index is 12.4. The number of hydrogen-bond donors (Lipinski definition) is 1. The van der Waals surface area contributed by atoms with Crippen molar-refractivity contribution in [2.24, 2.45) is 0 Å². The average Bonchev–Trinajstić information content (AvgIpc) is 3.13. The van der Waals surface area contributed by atoms with Crippen molar-refractivity contribution >= 4 is 5.97 Å². The van der Waals surface area contributed by atoms with Crippen molar-refractivity contribution in [3.63, 3.8) is 0 Å². The molecule has 5 rings (SSSR count). The third-order valence-electron chi connectivity index (χ3n) is 5.39. The van der Waals surface area contributed by atoms with E-state index in [2.05, 4.69) is 11.9 Å². The van der Waals surface area contributed by atoms with E-state index in [-0.39, 0.29) is 18.8 Å². The fourth-order valence-electron chi connectivity index (χ4n) is 4.36. The molecule has 0 radical (unpaired) electrons. The Labute approximate surface area is 133 Å². The molecule has 3 heterocycles. The zero-order chi connectivity index (χ0) is 15.7. The minimum atomic E-state index is -0.764. The minimum Gasteiger partial charge on any atom is -0.455 e. The highest BCUT2D eigenvalue weighted by Crippen LogP contribution is 2.48. The van der Waals surface area contributed by atoms with Crippen molar-refractivity contribution < 1.29 is 24.1 Å². The van der Waals surface area contributed by atoms with E-state index >= 15 is 0 Å².